The first-order chi connectivity index (χ1) is 12.5. The van der Waals surface area contributed by atoms with Crippen molar-refractivity contribution in [3.8, 4) is 0 Å². The molecule has 0 radical (unpaired) electrons. The Morgan fingerprint density at radius 2 is 1.81 bits per heavy atom. The third-order valence-corrected chi connectivity index (χ3v) is 4.22. The number of aromatic nitrogens is 1. The van der Waals surface area contributed by atoms with Crippen molar-refractivity contribution in [2.45, 2.75) is 32.7 Å². The number of ketones is 1. The van der Waals surface area contributed by atoms with Gasteiger partial charge >= 0.3 is 0 Å². The number of halogens is 1. The second kappa shape index (κ2) is 9.08. The van der Waals surface area contributed by atoms with Crippen molar-refractivity contribution < 1.29 is 14.0 Å². The minimum Gasteiger partial charge on any atom is -0.341 e. The molecular weight excluding hydrogens is 335 g/mol. The number of hydrogen-bond donors (Lipinski definition) is 0. The Morgan fingerprint density at radius 3 is 2.38 bits per heavy atom. The van der Waals surface area contributed by atoms with E-state index >= 15 is 0 Å². The number of unbranched alkanes of at least 4 members (excludes halogenated alkanes) is 1. The van der Waals surface area contributed by atoms with Gasteiger partial charge in [-0.25, -0.2) is 4.39 Å². The van der Waals surface area contributed by atoms with E-state index in [4.69, 9.17) is 0 Å². The summed E-state index contributed by atoms with van der Waals surface area (Å²) in [5.41, 5.74) is -0.250. The van der Waals surface area contributed by atoms with Gasteiger partial charge in [-0.05, 0) is 43.7 Å². The number of rotatable bonds is 8. The topological polar surface area (TPSA) is 59.4 Å². The highest BCUT2D eigenvalue weighted by Crippen LogP contribution is 2.17. The van der Waals surface area contributed by atoms with E-state index in [1.54, 1.807) is 17.0 Å². The monoisotopic (exact) mass is 358 g/mol. The van der Waals surface area contributed by atoms with Gasteiger partial charge in [0.15, 0.2) is 11.8 Å². The summed E-state index contributed by atoms with van der Waals surface area (Å²) in [6.07, 6.45) is 3.15. The van der Waals surface area contributed by atoms with Crippen molar-refractivity contribution in [2.75, 3.05) is 13.1 Å². The fraction of sp³-hybridized carbons (Fsp3) is 0.350. The number of pyridine rings is 1. The van der Waals surface area contributed by atoms with Crippen LogP contribution in [0, 0.1) is 5.82 Å². The molecule has 2 rings (SSSR count). The summed E-state index contributed by atoms with van der Waals surface area (Å²) in [6, 6.07) is 8.14. The normalized spacial score (nSPS) is 11.8. The quantitative estimate of drug-likeness (QED) is 0.538. The fourth-order valence-corrected chi connectivity index (χ4v) is 2.73. The second-order valence-corrected chi connectivity index (χ2v) is 5.99. The van der Waals surface area contributed by atoms with Gasteiger partial charge in [-0.2, -0.15) is 0 Å². The van der Waals surface area contributed by atoms with E-state index in [9.17, 15) is 18.8 Å². The third kappa shape index (κ3) is 4.45. The molecule has 0 unspecified atom stereocenters. The lowest BCUT2D eigenvalue weighted by molar-refractivity contribution is -0.133. The average Bonchev–Trinajstić information content (AvgIpc) is 2.64. The molecule has 6 heteroatoms. The van der Waals surface area contributed by atoms with Crippen LogP contribution in [0.3, 0.4) is 0 Å². The first-order valence-electron chi connectivity index (χ1n) is 8.75. The van der Waals surface area contributed by atoms with E-state index in [1.165, 1.54) is 24.4 Å². The molecule has 0 aliphatic rings. The summed E-state index contributed by atoms with van der Waals surface area (Å²) in [5, 5.41) is 0. The largest absolute Gasteiger partial charge is 0.341 e. The predicted octanol–water partition coefficient (Wildman–Crippen LogP) is 3.06. The lowest BCUT2D eigenvalue weighted by Gasteiger charge is -2.26. The number of Topliss-reactive ketones (excluding diaryl/α,β-unsaturated/α-hetero) is 1. The molecule has 26 heavy (non-hydrogen) atoms. The van der Waals surface area contributed by atoms with Gasteiger partial charge < -0.3 is 4.90 Å². The Labute approximate surface area is 152 Å². The highest BCUT2D eigenvalue weighted by molar-refractivity contribution is 6.11. The Morgan fingerprint density at radius 1 is 1.12 bits per heavy atom. The summed E-state index contributed by atoms with van der Waals surface area (Å²) in [6.45, 7) is 4.80. The number of hydrogen-bond acceptors (Lipinski definition) is 3. The van der Waals surface area contributed by atoms with Gasteiger partial charge in [0.2, 0.25) is 0 Å². The van der Waals surface area contributed by atoms with Gasteiger partial charge in [0, 0.05) is 30.9 Å². The molecule has 2 aromatic rings. The molecule has 1 amide bonds. The number of likely N-dealkylation sites (N-methyl/N-ethyl adjacent to an activating group) is 1. The minimum absolute atomic E-state index is 0.187. The Bertz CT molecular complexity index is 814. The zero-order chi connectivity index (χ0) is 19.1. The molecule has 1 heterocycles. The first-order valence-corrected chi connectivity index (χ1v) is 8.75. The number of carbonyl (C=O) groups excluding carboxylic acids is 2. The van der Waals surface area contributed by atoms with Crippen molar-refractivity contribution >= 4 is 11.7 Å². The van der Waals surface area contributed by atoms with Gasteiger partial charge in [-0.3, -0.25) is 19.0 Å². The smallest absolute Gasteiger partial charge is 0.253 e. The number of benzene rings is 1. The van der Waals surface area contributed by atoms with Crippen LogP contribution in [0.15, 0.2) is 53.5 Å². The maximum Gasteiger partial charge on any atom is 0.253 e. The van der Waals surface area contributed by atoms with E-state index in [1.807, 2.05) is 13.8 Å². The third-order valence-electron chi connectivity index (χ3n) is 4.22. The molecule has 138 valence electrons. The standard InChI is InChI=1S/C20H23FN2O3/c1-3-5-13-22(4-2)20(26)18(23-14-7-6-8-17(23)24)19(25)15-9-11-16(21)12-10-15/h6-12,14,18H,3-5,13H2,1-2H3/t18-/m0/s1. The number of amides is 1. The average molecular weight is 358 g/mol. The van der Waals surface area contributed by atoms with E-state index in [-0.39, 0.29) is 5.56 Å². The highest BCUT2D eigenvalue weighted by Gasteiger charge is 2.32. The SMILES string of the molecule is CCCCN(CC)C(=O)[C@H](C(=O)c1ccc(F)cc1)n1ccccc1=O. The molecule has 0 spiro atoms. The molecule has 0 bridgehead atoms. The molecule has 0 aliphatic heterocycles. The van der Waals surface area contributed by atoms with Crippen LogP contribution in [0.1, 0.15) is 43.1 Å². The van der Waals surface area contributed by atoms with Crippen molar-refractivity contribution in [3.63, 3.8) is 0 Å². The van der Waals surface area contributed by atoms with E-state index in [0.717, 1.165) is 29.5 Å². The summed E-state index contributed by atoms with van der Waals surface area (Å²) >= 11 is 0. The van der Waals surface area contributed by atoms with Gasteiger partial charge in [-0.15, -0.1) is 0 Å². The zero-order valence-corrected chi connectivity index (χ0v) is 15.0. The zero-order valence-electron chi connectivity index (χ0n) is 15.0. The highest BCUT2D eigenvalue weighted by atomic mass is 19.1. The fourth-order valence-electron chi connectivity index (χ4n) is 2.73. The van der Waals surface area contributed by atoms with Crippen LogP contribution in [0.4, 0.5) is 4.39 Å². The summed E-state index contributed by atoms with van der Waals surface area (Å²) in [7, 11) is 0. The second-order valence-electron chi connectivity index (χ2n) is 5.99. The molecule has 0 fully saturated rings. The van der Waals surface area contributed by atoms with E-state index in [2.05, 4.69) is 0 Å². The van der Waals surface area contributed by atoms with Gasteiger partial charge in [0.1, 0.15) is 5.82 Å². The van der Waals surface area contributed by atoms with Crippen LogP contribution in [-0.4, -0.2) is 34.2 Å². The van der Waals surface area contributed by atoms with Gasteiger partial charge in [-0.1, -0.05) is 19.4 Å². The maximum atomic E-state index is 13.2. The molecule has 5 nitrogen and oxygen atoms in total. The molecule has 0 saturated heterocycles. The Balaban J connectivity index is 2.47. The molecule has 1 aromatic carbocycles. The molecule has 1 atom stereocenters. The van der Waals surface area contributed by atoms with E-state index in [0.29, 0.717) is 13.1 Å². The van der Waals surface area contributed by atoms with Crippen LogP contribution in [0.2, 0.25) is 0 Å². The Hall–Kier alpha value is -2.76. The molecule has 0 aliphatic carbocycles. The van der Waals surface area contributed by atoms with Crippen molar-refractivity contribution in [1.29, 1.82) is 0 Å². The maximum absolute atomic E-state index is 13.2. The molecular formula is C20H23FN2O3. The van der Waals surface area contributed by atoms with Crippen LogP contribution in [-0.2, 0) is 4.79 Å². The summed E-state index contributed by atoms with van der Waals surface area (Å²) in [4.78, 5) is 39.9. The van der Waals surface area contributed by atoms with Crippen molar-refractivity contribution in [2.24, 2.45) is 0 Å². The lowest BCUT2D eigenvalue weighted by atomic mass is 10.0. The molecule has 1 aromatic heterocycles. The predicted molar refractivity (Wildman–Crippen MR) is 97.6 cm³/mol. The van der Waals surface area contributed by atoms with Crippen LogP contribution >= 0.6 is 0 Å². The molecule has 0 saturated carbocycles. The molecule has 0 N–H and O–H groups in total. The minimum atomic E-state index is -1.30. The van der Waals surface area contributed by atoms with Crippen LogP contribution < -0.4 is 5.56 Å². The number of nitrogens with zero attached hydrogens (tertiary/aromatic N) is 2. The van der Waals surface area contributed by atoms with Crippen LogP contribution in [0.25, 0.3) is 0 Å². The van der Waals surface area contributed by atoms with Gasteiger partial charge in [0.05, 0.1) is 0 Å². The van der Waals surface area contributed by atoms with Crippen molar-refractivity contribution in [1.82, 2.24) is 9.47 Å². The first kappa shape index (κ1) is 19.6. The number of carbonyl (C=O) groups is 2. The summed E-state index contributed by atoms with van der Waals surface area (Å²) in [5.74, 6) is -1.43. The lowest BCUT2D eigenvalue weighted by Crippen LogP contribution is -2.44. The van der Waals surface area contributed by atoms with Crippen molar-refractivity contribution in [3.05, 3.63) is 70.4 Å². The Kier molecular flexibility index (Phi) is 6.83. The summed E-state index contributed by atoms with van der Waals surface area (Å²) < 4.78 is 14.3. The van der Waals surface area contributed by atoms with E-state index < -0.39 is 29.1 Å². The van der Waals surface area contributed by atoms with Gasteiger partial charge in [0.25, 0.3) is 11.5 Å². The van der Waals surface area contributed by atoms with Crippen LogP contribution in [0.5, 0.6) is 0 Å².